The Hall–Kier alpha value is -4.00. The van der Waals surface area contributed by atoms with Crippen molar-refractivity contribution in [2.24, 2.45) is 17.2 Å². The molecule has 10 N–H and O–H groups in total. The monoisotopic (exact) mass is 478 g/mol. The Morgan fingerprint density at radius 3 is 1.97 bits per heavy atom. The van der Waals surface area contributed by atoms with Gasteiger partial charge in [0.15, 0.2) is 0 Å². The van der Waals surface area contributed by atoms with Crippen LogP contribution in [0.4, 0.5) is 0 Å². The van der Waals surface area contributed by atoms with Crippen LogP contribution in [0.25, 0.3) is 0 Å². The van der Waals surface area contributed by atoms with Gasteiger partial charge < -0.3 is 38.3 Å². The van der Waals surface area contributed by atoms with Crippen LogP contribution in [0, 0.1) is 0 Å². The van der Waals surface area contributed by atoms with Gasteiger partial charge in [-0.1, -0.05) is 30.3 Å². The molecule has 1 rings (SSSR count). The van der Waals surface area contributed by atoms with Crippen LogP contribution < -0.4 is 33.2 Å². The number of rotatable bonds is 14. The zero-order chi connectivity index (χ0) is 25.8. The Balaban J connectivity index is 2.80. The fourth-order valence-electron chi connectivity index (χ4n) is 2.87. The summed E-state index contributed by atoms with van der Waals surface area (Å²) in [5, 5.41) is 16.0. The number of benzene rings is 1. The van der Waals surface area contributed by atoms with E-state index in [4.69, 9.17) is 22.3 Å². The second-order valence-corrected chi connectivity index (χ2v) is 7.66. The van der Waals surface area contributed by atoms with E-state index in [9.17, 15) is 28.8 Å². The van der Waals surface area contributed by atoms with E-state index < -0.39 is 66.1 Å². The fraction of sp³-hybridized carbons (Fsp3) is 0.429. The van der Waals surface area contributed by atoms with Gasteiger partial charge in [-0.25, -0.2) is 4.79 Å². The predicted molar refractivity (Wildman–Crippen MR) is 119 cm³/mol. The molecule has 0 aliphatic carbocycles. The zero-order valence-corrected chi connectivity index (χ0v) is 18.7. The van der Waals surface area contributed by atoms with Gasteiger partial charge >= 0.3 is 5.97 Å². The number of amides is 5. The summed E-state index contributed by atoms with van der Waals surface area (Å²) in [6, 6.07) is 3.90. The number of carbonyl (C=O) groups is 6. The van der Waals surface area contributed by atoms with Crippen molar-refractivity contribution in [1.82, 2.24) is 16.0 Å². The second kappa shape index (κ2) is 13.5. The van der Waals surface area contributed by atoms with Gasteiger partial charge in [-0.15, -0.1) is 0 Å². The zero-order valence-electron chi connectivity index (χ0n) is 18.7. The highest BCUT2D eigenvalue weighted by atomic mass is 16.4. The van der Waals surface area contributed by atoms with Crippen LogP contribution in [0.5, 0.6) is 0 Å². The summed E-state index contributed by atoms with van der Waals surface area (Å²) in [7, 11) is 0. The summed E-state index contributed by atoms with van der Waals surface area (Å²) in [5.41, 5.74) is 16.8. The highest BCUT2D eigenvalue weighted by molar-refractivity contribution is 5.95. The van der Waals surface area contributed by atoms with Gasteiger partial charge in [0.05, 0.1) is 12.5 Å². The largest absolute Gasteiger partial charge is 0.480 e. The van der Waals surface area contributed by atoms with Crippen LogP contribution in [-0.4, -0.2) is 64.8 Å². The molecule has 0 aliphatic rings. The van der Waals surface area contributed by atoms with Gasteiger partial charge in [0.1, 0.15) is 18.1 Å². The lowest BCUT2D eigenvalue weighted by molar-refractivity contribution is -0.143. The Morgan fingerprint density at radius 2 is 1.44 bits per heavy atom. The molecule has 13 nitrogen and oxygen atoms in total. The first kappa shape index (κ1) is 28.0. The topological polar surface area (TPSA) is 237 Å². The number of carboxylic acid groups (broad SMARTS) is 1. The fourth-order valence-corrected chi connectivity index (χ4v) is 2.87. The summed E-state index contributed by atoms with van der Waals surface area (Å²) >= 11 is 0. The molecule has 0 spiro atoms. The van der Waals surface area contributed by atoms with Crippen LogP contribution in [0.3, 0.4) is 0 Å². The first-order valence-electron chi connectivity index (χ1n) is 10.4. The van der Waals surface area contributed by atoms with Gasteiger partial charge in [-0.3, -0.25) is 24.0 Å². The molecule has 4 atom stereocenters. The van der Waals surface area contributed by atoms with Crippen LogP contribution >= 0.6 is 0 Å². The maximum Gasteiger partial charge on any atom is 0.326 e. The van der Waals surface area contributed by atoms with Crippen molar-refractivity contribution >= 4 is 35.5 Å². The van der Waals surface area contributed by atoms with Crippen molar-refractivity contribution < 1.29 is 33.9 Å². The number of nitrogens with two attached hydrogens (primary N) is 3. The van der Waals surface area contributed by atoms with Crippen molar-refractivity contribution in [2.75, 3.05) is 0 Å². The molecule has 186 valence electrons. The summed E-state index contributed by atoms with van der Waals surface area (Å²) in [5.74, 6) is -5.50. The molecule has 13 heteroatoms. The Kier molecular flexibility index (Phi) is 11.2. The summed E-state index contributed by atoms with van der Waals surface area (Å²) in [6.07, 6.45) is -0.824. The third kappa shape index (κ3) is 10.1. The van der Waals surface area contributed by atoms with Crippen LogP contribution in [0.1, 0.15) is 31.7 Å². The maximum absolute atomic E-state index is 12.7. The van der Waals surface area contributed by atoms with Gasteiger partial charge in [-0.2, -0.15) is 0 Å². The highest BCUT2D eigenvalue weighted by Crippen LogP contribution is 2.04. The highest BCUT2D eigenvalue weighted by Gasteiger charge is 2.29. The smallest absolute Gasteiger partial charge is 0.326 e. The minimum atomic E-state index is -1.58. The molecule has 0 bridgehead atoms. The quantitative estimate of drug-likeness (QED) is 0.148. The Labute approximate surface area is 195 Å². The van der Waals surface area contributed by atoms with E-state index in [-0.39, 0.29) is 19.3 Å². The van der Waals surface area contributed by atoms with Crippen molar-refractivity contribution in [2.45, 2.75) is 56.8 Å². The van der Waals surface area contributed by atoms with E-state index >= 15 is 0 Å². The minimum absolute atomic E-state index is 0.154. The van der Waals surface area contributed by atoms with E-state index in [1.54, 1.807) is 24.3 Å². The number of carboxylic acids is 1. The lowest BCUT2D eigenvalue weighted by Crippen LogP contribution is -2.56. The van der Waals surface area contributed by atoms with E-state index in [1.165, 1.54) is 6.92 Å². The lowest BCUT2D eigenvalue weighted by Gasteiger charge is -2.23. The second-order valence-electron chi connectivity index (χ2n) is 7.66. The molecule has 5 amide bonds. The average molecular weight is 479 g/mol. The van der Waals surface area contributed by atoms with Crippen molar-refractivity contribution in [3.05, 3.63) is 35.9 Å². The standard InChI is InChI=1S/C21H30N6O7/c1-11(18(30)27-15(21(33)34)10-17(24)29)25-20(32)14(7-8-16(23)28)26-19(31)13(22)9-12-5-3-2-4-6-12/h2-6,11,13-15H,7-10,22H2,1H3,(H2,23,28)(H2,24,29)(H,25,32)(H,26,31)(H,27,30)(H,33,34). The van der Waals surface area contributed by atoms with Gasteiger partial charge in [0.2, 0.25) is 29.5 Å². The Bertz CT molecular complexity index is 908. The number of carbonyl (C=O) groups excluding carboxylic acids is 5. The number of hydrogen-bond donors (Lipinski definition) is 7. The molecular weight excluding hydrogens is 448 g/mol. The molecule has 0 saturated carbocycles. The molecule has 0 aromatic heterocycles. The third-order valence-corrected chi connectivity index (χ3v) is 4.72. The predicted octanol–water partition coefficient (Wildman–Crippen LogP) is -2.74. The van der Waals surface area contributed by atoms with Crippen molar-refractivity contribution in [3.8, 4) is 0 Å². The molecule has 1 aromatic carbocycles. The van der Waals surface area contributed by atoms with E-state index in [2.05, 4.69) is 16.0 Å². The van der Waals surface area contributed by atoms with Crippen LogP contribution in [0.15, 0.2) is 30.3 Å². The molecule has 4 unspecified atom stereocenters. The Morgan fingerprint density at radius 1 is 0.853 bits per heavy atom. The van der Waals surface area contributed by atoms with E-state index in [0.717, 1.165) is 5.56 Å². The first-order chi connectivity index (χ1) is 15.9. The van der Waals surface area contributed by atoms with Crippen LogP contribution in [-0.2, 0) is 35.2 Å². The van der Waals surface area contributed by atoms with Crippen LogP contribution in [0.2, 0.25) is 0 Å². The maximum atomic E-state index is 12.7. The first-order valence-corrected chi connectivity index (χ1v) is 10.4. The molecule has 0 radical (unpaired) electrons. The summed E-state index contributed by atoms with van der Waals surface area (Å²) in [4.78, 5) is 70.8. The molecular formula is C21H30N6O7. The molecule has 34 heavy (non-hydrogen) atoms. The number of aliphatic carboxylic acids is 1. The van der Waals surface area contributed by atoms with Gasteiger partial charge in [-0.05, 0) is 25.3 Å². The van der Waals surface area contributed by atoms with Crippen molar-refractivity contribution in [1.29, 1.82) is 0 Å². The SMILES string of the molecule is CC(NC(=O)C(CCC(N)=O)NC(=O)C(N)Cc1ccccc1)C(=O)NC(CC(N)=O)C(=O)O. The lowest BCUT2D eigenvalue weighted by atomic mass is 10.0. The van der Waals surface area contributed by atoms with Gasteiger partial charge in [0.25, 0.3) is 0 Å². The molecule has 0 heterocycles. The number of nitrogens with one attached hydrogen (secondary N) is 3. The van der Waals surface area contributed by atoms with Gasteiger partial charge in [0, 0.05) is 6.42 Å². The molecule has 1 aromatic rings. The molecule has 0 saturated heterocycles. The number of hydrogen-bond acceptors (Lipinski definition) is 7. The van der Waals surface area contributed by atoms with E-state index in [1.807, 2.05) is 6.07 Å². The summed E-state index contributed by atoms with van der Waals surface area (Å²) < 4.78 is 0. The molecule has 0 fully saturated rings. The number of primary amides is 2. The minimum Gasteiger partial charge on any atom is -0.480 e. The third-order valence-electron chi connectivity index (χ3n) is 4.72. The normalized spacial score (nSPS) is 14.1. The molecule has 0 aliphatic heterocycles. The average Bonchev–Trinajstić information content (AvgIpc) is 2.75. The van der Waals surface area contributed by atoms with E-state index in [0.29, 0.717) is 0 Å². The van der Waals surface area contributed by atoms with Crippen molar-refractivity contribution in [3.63, 3.8) is 0 Å². The summed E-state index contributed by atoms with van der Waals surface area (Å²) in [6.45, 7) is 1.27.